The Bertz CT molecular complexity index is 838. The fourth-order valence-electron chi connectivity index (χ4n) is 4.20. The molecule has 1 saturated heterocycles. The minimum absolute atomic E-state index is 0.577. The average molecular weight is 412 g/mol. The van der Waals surface area contributed by atoms with Crippen molar-refractivity contribution in [2.45, 2.75) is 45.7 Å². The van der Waals surface area contributed by atoms with E-state index < -0.39 is 0 Å². The van der Waals surface area contributed by atoms with Gasteiger partial charge < -0.3 is 24.4 Å². The molecule has 1 N–H and O–H groups in total. The molecular weight excluding hydrogens is 378 g/mol. The van der Waals surface area contributed by atoms with E-state index in [-0.39, 0.29) is 0 Å². The quantitative estimate of drug-likeness (QED) is 0.601. The van der Waals surface area contributed by atoms with Gasteiger partial charge in [0.15, 0.2) is 11.8 Å². The number of aromatic nitrogens is 3. The second kappa shape index (κ2) is 9.82. The number of piperazine rings is 1. The predicted molar refractivity (Wildman–Crippen MR) is 119 cm³/mol. The number of hydrogen-bond acceptors (Lipinski definition) is 5. The monoisotopic (exact) mass is 411 g/mol. The highest BCUT2D eigenvalue weighted by Crippen LogP contribution is 2.21. The van der Waals surface area contributed by atoms with Gasteiger partial charge in [-0.2, -0.15) is 0 Å². The zero-order valence-corrected chi connectivity index (χ0v) is 18.2. The summed E-state index contributed by atoms with van der Waals surface area (Å²) in [5.41, 5.74) is 1.24. The van der Waals surface area contributed by atoms with Gasteiger partial charge in [0.05, 0.1) is 7.11 Å². The van der Waals surface area contributed by atoms with E-state index in [1.54, 1.807) is 7.11 Å². The first-order chi connectivity index (χ1) is 14.8. The molecule has 30 heavy (non-hydrogen) atoms. The lowest BCUT2D eigenvalue weighted by molar-refractivity contribution is 0.372. The Morgan fingerprint density at radius 3 is 2.57 bits per heavy atom. The van der Waals surface area contributed by atoms with Crippen LogP contribution < -0.4 is 15.0 Å². The zero-order valence-electron chi connectivity index (χ0n) is 18.2. The molecule has 0 saturated carbocycles. The largest absolute Gasteiger partial charge is 0.497 e. The third kappa shape index (κ3) is 4.68. The van der Waals surface area contributed by atoms with E-state index in [0.29, 0.717) is 6.54 Å². The van der Waals surface area contributed by atoms with Crippen LogP contribution >= 0.6 is 0 Å². The normalized spacial score (nSPS) is 17.5. The Morgan fingerprint density at radius 1 is 1.03 bits per heavy atom. The van der Waals surface area contributed by atoms with Crippen LogP contribution in [0.3, 0.4) is 0 Å². The van der Waals surface area contributed by atoms with Crippen LogP contribution in [0.4, 0.5) is 5.69 Å². The van der Waals surface area contributed by atoms with Gasteiger partial charge in [0, 0.05) is 51.4 Å². The molecule has 8 nitrogen and oxygen atoms in total. The molecule has 1 aromatic carbocycles. The Morgan fingerprint density at radius 2 is 1.83 bits per heavy atom. The van der Waals surface area contributed by atoms with Gasteiger partial charge in [-0.3, -0.25) is 0 Å². The third-order valence-corrected chi connectivity index (χ3v) is 5.91. The van der Waals surface area contributed by atoms with Gasteiger partial charge in [-0.15, -0.1) is 10.2 Å². The average Bonchev–Trinajstić information content (AvgIpc) is 3.02. The van der Waals surface area contributed by atoms with Crippen molar-refractivity contribution in [1.82, 2.24) is 25.0 Å². The molecule has 0 bridgehead atoms. The van der Waals surface area contributed by atoms with Gasteiger partial charge in [-0.1, -0.05) is 6.42 Å². The standard InChI is InChI=1S/C22H33N7O/c1-3-23-22(24-17-21-26-25-20-7-5-4-6-12-29(20)21)28-15-13-27(14-16-28)18-8-10-19(30-2)11-9-18/h8-11H,3-7,12-17H2,1-2H3,(H,23,24). The predicted octanol–water partition coefficient (Wildman–Crippen LogP) is 2.30. The number of nitrogens with one attached hydrogen (secondary N) is 1. The molecule has 0 unspecified atom stereocenters. The topological polar surface area (TPSA) is 70.8 Å². The number of fused-ring (bicyclic) bond motifs is 1. The van der Waals surface area contributed by atoms with Crippen molar-refractivity contribution in [2.75, 3.05) is 44.7 Å². The van der Waals surface area contributed by atoms with Crippen LogP contribution in [0, 0.1) is 0 Å². The molecule has 2 aliphatic heterocycles. The number of benzene rings is 1. The number of hydrogen-bond donors (Lipinski definition) is 1. The maximum absolute atomic E-state index is 5.27. The molecular formula is C22H33N7O. The third-order valence-electron chi connectivity index (χ3n) is 5.91. The second-order valence-corrected chi connectivity index (χ2v) is 7.84. The van der Waals surface area contributed by atoms with Gasteiger partial charge in [0.2, 0.25) is 0 Å². The Hall–Kier alpha value is -2.77. The minimum atomic E-state index is 0.577. The molecule has 1 fully saturated rings. The van der Waals surface area contributed by atoms with Crippen molar-refractivity contribution in [2.24, 2.45) is 4.99 Å². The van der Waals surface area contributed by atoms with Crippen LogP contribution in [0.5, 0.6) is 5.75 Å². The first-order valence-electron chi connectivity index (χ1n) is 11.1. The number of rotatable bonds is 5. The lowest BCUT2D eigenvalue weighted by Gasteiger charge is -2.37. The Balaban J connectivity index is 1.39. The molecule has 3 heterocycles. The maximum Gasteiger partial charge on any atom is 0.194 e. The molecule has 0 aliphatic carbocycles. The molecule has 1 aromatic heterocycles. The molecule has 162 valence electrons. The van der Waals surface area contributed by atoms with Gasteiger partial charge >= 0.3 is 0 Å². The zero-order chi connectivity index (χ0) is 20.8. The van der Waals surface area contributed by atoms with Crippen molar-refractivity contribution < 1.29 is 4.74 Å². The lowest BCUT2D eigenvalue weighted by atomic mass is 10.2. The van der Waals surface area contributed by atoms with E-state index in [4.69, 9.17) is 9.73 Å². The first kappa shape index (κ1) is 20.5. The number of anilines is 1. The van der Waals surface area contributed by atoms with Gasteiger partial charge in [0.25, 0.3) is 0 Å². The van der Waals surface area contributed by atoms with Crippen LogP contribution in [0.25, 0.3) is 0 Å². The summed E-state index contributed by atoms with van der Waals surface area (Å²) in [5, 5.41) is 12.3. The van der Waals surface area contributed by atoms with E-state index in [9.17, 15) is 0 Å². The molecule has 0 atom stereocenters. The lowest BCUT2D eigenvalue weighted by Crippen LogP contribution is -2.52. The van der Waals surface area contributed by atoms with E-state index in [1.165, 1.54) is 24.9 Å². The van der Waals surface area contributed by atoms with E-state index in [1.807, 2.05) is 12.1 Å². The van der Waals surface area contributed by atoms with E-state index in [2.05, 4.69) is 48.9 Å². The Kier molecular flexibility index (Phi) is 6.71. The summed E-state index contributed by atoms with van der Waals surface area (Å²) in [4.78, 5) is 9.68. The van der Waals surface area contributed by atoms with Crippen molar-refractivity contribution in [3.05, 3.63) is 35.9 Å². The van der Waals surface area contributed by atoms with Crippen LogP contribution in [-0.4, -0.2) is 65.5 Å². The molecule has 2 aromatic rings. The van der Waals surface area contributed by atoms with Crippen molar-refractivity contribution in [3.8, 4) is 5.75 Å². The maximum atomic E-state index is 5.27. The second-order valence-electron chi connectivity index (χ2n) is 7.84. The highest BCUT2D eigenvalue weighted by Gasteiger charge is 2.21. The molecule has 4 rings (SSSR count). The van der Waals surface area contributed by atoms with E-state index in [0.717, 1.165) is 69.0 Å². The van der Waals surface area contributed by atoms with Crippen molar-refractivity contribution in [1.29, 1.82) is 0 Å². The number of methoxy groups -OCH3 is 1. The van der Waals surface area contributed by atoms with Crippen LogP contribution in [-0.2, 0) is 19.5 Å². The molecule has 0 radical (unpaired) electrons. The Labute approximate surface area is 178 Å². The minimum Gasteiger partial charge on any atom is -0.497 e. The summed E-state index contributed by atoms with van der Waals surface area (Å²) in [6, 6.07) is 8.30. The number of aliphatic imine (C=N–C) groups is 1. The number of nitrogens with zero attached hydrogens (tertiary/aromatic N) is 6. The van der Waals surface area contributed by atoms with Gasteiger partial charge in [0.1, 0.15) is 18.1 Å². The van der Waals surface area contributed by atoms with Crippen molar-refractivity contribution in [3.63, 3.8) is 0 Å². The fraction of sp³-hybridized carbons (Fsp3) is 0.591. The summed E-state index contributed by atoms with van der Waals surface area (Å²) in [6.07, 6.45) is 4.72. The summed E-state index contributed by atoms with van der Waals surface area (Å²) >= 11 is 0. The van der Waals surface area contributed by atoms with Crippen LogP contribution in [0.15, 0.2) is 29.3 Å². The highest BCUT2D eigenvalue weighted by molar-refractivity contribution is 5.80. The summed E-state index contributed by atoms with van der Waals surface area (Å²) in [6.45, 7) is 8.39. The highest BCUT2D eigenvalue weighted by atomic mass is 16.5. The van der Waals surface area contributed by atoms with Gasteiger partial charge in [-0.05, 0) is 44.0 Å². The summed E-state index contributed by atoms with van der Waals surface area (Å²) in [5.74, 6) is 3.97. The van der Waals surface area contributed by atoms with Gasteiger partial charge in [-0.25, -0.2) is 4.99 Å². The SMILES string of the molecule is CCNC(=NCc1nnc2n1CCCCC2)N1CCN(c2ccc(OC)cc2)CC1. The van der Waals surface area contributed by atoms with Crippen LogP contribution in [0.2, 0.25) is 0 Å². The van der Waals surface area contributed by atoms with E-state index >= 15 is 0 Å². The summed E-state index contributed by atoms with van der Waals surface area (Å²) in [7, 11) is 1.70. The first-order valence-corrected chi connectivity index (χ1v) is 11.1. The molecule has 0 spiro atoms. The number of ether oxygens (including phenoxy) is 1. The molecule has 8 heteroatoms. The smallest absolute Gasteiger partial charge is 0.194 e. The fourth-order valence-corrected chi connectivity index (χ4v) is 4.20. The molecule has 2 aliphatic rings. The molecule has 0 amide bonds. The summed E-state index contributed by atoms with van der Waals surface area (Å²) < 4.78 is 7.55. The number of guanidine groups is 1. The van der Waals surface area contributed by atoms with Crippen LogP contribution in [0.1, 0.15) is 37.8 Å². The van der Waals surface area contributed by atoms with Crippen molar-refractivity contribution >= 4 is 11.6 Å². The number of aryl methyl sites for hydroxylation is 1.